The summed E-state index contributed by atoms with van der Waals surface area (Å²) in [6.07, 6.45) is 1.15. The Morgan fingerprint density at radius 1 is 1.44 bits per heavy atom. The van der Waals surface area contributed by atoms with Gasteiger partial charge in [0.1, 0.15) is 0 Å². The monoisotopic (exact) mass is 335 g/mol. The van der Waals surface area contributed by atoms with Gasteiger partial charge in [0.15, 0.2) is 0 Å². The lowest BCUT2D eigenvalue weighted by atomic mass is 10.2. The Bertz CT molecular complexity index is 377. The van der Waals surface area contributed by atoms with Crippen molar-refractivity contribution in [1.82, 2.24) is 14.7 Å². The maximum atomic E-state index is 6.36. The standard InChI is InChI=1S/C13H23BrClN3/c1-5-18-12(13(15)11(4)16-18)9-17(10(2)3)8-6-7-14/h10H,5-9H2,1-4H3. The molecule has 3 nitrogen and oxygen atoms in total. The molecule has 0 atom stereocenters. The van der Waals surface area contributed by atoms with Crippen LogP contribution >= 0.6 is 27.5 Å². The van der Waals surface area contributed by atoms with Gasteiger partial charge in [0.05, 0.1) is 16.4 Å². The number of hydrogen-bond acceptors (Lipinski definition) is 2. The second-order valence-corrected chi connectivity index (χ2v) is 5.94. The fraction of sp³-hybridized carbons (Fsp3) is 0.769. The van der Waals surface area contributed by atoms with E-state index >= 15 is 0 Å². The molecule has 1 aromatic heterocycles. The first-order chi connectivity index (χ1) is 8.51. The van der Waals surface area contributed by atoms with Gasteiger partial charge in [-0.3, -0.25) is 9.58 Å². The minimum Gasteiger partial charge on any atom is -0.295 e. The van der Waals surface area contributed by atoms with Crippen molar-refractivity contribution in [2.24, 2.45) is 0 Å². The topological polar surface area (TPSA) is 21.1 Å². The van der Waals surface area contributed by atoms with Crippen LogP contribution in [0.2, 0.25) is 5.02 Å². The fourth-order valence-electron chi connectivity index (χ4n) is 2.00. The Morgan fingerprint density at radius 3 is 2.61 bits per heavy atom. The van der Waals surface area contributed by atoms with Gasteiger partial charge in [0.25, 0.3) is 0 Å². The molecule has 0 bridgehead atoms. The van der Waals surface area contributed by atoms with Crippen molar-refractivity contribution < 1.29 is 0 Å². The predicted octanol–water partition coefficient (Wildman–Crippen LogP) is 3.86. The second-order valence-electron chi connectivity index (χ2n) is 4.77. The lowest BCUT2D eigenvalue weighted by Crippen LogP contribution is -2.32. The van der Waals surface area contributed by atoms with Gasteiger partial charge in [-0.1, -0.05) is 27.5 Å². The summed E-state index contributed by atoms with van der Waals surface area (Å²) < 4.78 is 2.02. The number of hydrogen-bond donors (Lipinski definition) is 0. The van der Waals surface area contributed by atoms with Gasteiger partial charge in [-0.2, -0.15) is 5.10 Å². The number of aromatic nitrogens is 2. The Kier molecular flexibility index (Phi) is 6.67. The number of nitrogens with zero attached hydrogens (tertiary/aromatic N) is 3. The first kappa shape index (κ1) is 16.0. The van der Waals surface area contributed by atoms with Crippen molar-refractivity contribution in [3.8, 4) is 0 Å². The molecule has 104 valence electrons. The molecule has 1 rings (SSSR count). The first-order valence-electron chi connectivity index (χ1n) is 6.53. The average molecular weight is 337 g/mol. The highest BCUT2D eigenvalue weighted by atomic mass is 79.9. The zero-order valence-electron chi connectivity index (χ0n) is 11.7. The third-order valence-corrected chi connectivity index (χ3v) is 4.17. The largest absolute Gasteiger partial charge is 0.295 e. The molecular formula is C13H23BrClN3. The number of halogens is 2. The van der Waals surface area contributed by atoms with Gasteiger partial charge < -0.3 is 0 Å². The van der Waals surface area contributed by atoms with Gasteiger partial charge in [-0.25, -0.2) is 0 Å². The minimum atomic E-state index is 0.514. The Morgan fingerprint density at radius 2 is 2.11 bits per heavy atom. The molecule has 0 aliphatic heterocycles. The van der Waals surface area contributed by atoms with Crippen LogP contribution in [0.3, 0.4) is 0 Å². The molecule has 0 N–H and O–H groups in total. The van der Waals surface area contributed by atoms with E-state index in [2.05, 4.69) is 46.7 Å². The van der Waals surface area contributed by atoms with Crippen molar-refractivity contribution in [1.29, 1.82) is 0 Å². The highest BCUT2D eigenvalue weighted by Gasteiger charge is 2.17. The van der Waals surface area contributed by atoms with Gasteiger partial charge in [0, 0.05) is 24.5 Å². The van der Waals surface area contributed by atoms with Gasteiger partial charge in [-0.05, 0) is 40.7 Å². The Hall–Kier alpha value is -0.0600. The lowest BCUT2D eigenvalue weighted by molar-refractivity contribution is 0.208. The van der Waals surface area contributed by atoms with Crippen LogP contribution in [-0.4, -0.2) is 32.6 Å². The van der Waals surface area contributed by atoms with E-state index in [0.717, 1.165) is 47.8 Å². The number of alkyl halides is 1. The summed E-state index contributed by atoms with van der Waals surface area (Å²) in [7, 11) is 0. The third kappa shape index (κ3) is 3.97. The van der Waals surface area contributed by atoms with Crippen molar-refractivity contribution in [3.63, 3.8) is 0 Å². The summed E-state index contributed by atoms with van der Waals surface area (Å²) in [6.45, 7) is 11.3. The van der Waals surface area contributed by atoms with E-state index in [-0.39, 0.29) is 0 Å². The molecule has 0 aliphatic carbocycles. The number of aryl methyl sites for hydroxylation is 2. The van der Waals surface area contributed by atoms with Crippen molar-refractivity contribution in [2.45, 2.75) is 53.2 Å². The lowest BCUT2D eigenvalue weighted by Gasteiger charge is -2.26. The maximum absolute atomic E-state index is 6.36. The zero-order chi connectivity index (χ0) is 13.7. The van der Waals surface area contributed by atoms with Crippen LogP contribution in [0.15, 0.2) is 0 Å². The summed E-state index contributed by atoms with van der Waals surface area (Å²) in [6, 6.07) is 0.514. The summed E-state index contributed by atoms with van der Waals surface area (Å²) in [4.78, 5) is 2.44. The minimum absolute atomic E-state index is 0.514. The van der Waals surface area contributed by atoms with Crippen LogP contribution in [0.25, 0.3) is 0 Å². The highest BCUT2D eigenvalue weighted by molar-refractivity contribution is 9.09. The molecule has 0 aliphatic rings. The third-order valence-electron chi connectivity index (χ3n) is 3.11. The molecule has 1 heterocycles. The molecule has 0 radical (unpaired) electrons. The summed E-state index contributed by atoms with van der Waals surface area (Å²) in [5.41, 5.74) is 2.07. The first-order valence-corrected chi connectivity index (χ1v) is 8.03. The molecule has 18 heavy (non-hydrogen) atoms. The average Bonchev–Trinajstić information content (AvgIpc) is 2.61. The molecule has 0 saturated heterocycles. The zero-order valence-corrected chi connectivity index (χ0v) is 14.1. The van der Waals surface area contributed by atoms with E-state index in [9.17, 15) is 0 Å². The quantitative estimate of drug-likeness (QED) is 0.705. The van der Waals surface area contributed by atoms with E-state index in [1.807, 2.05) is 11.6 Å². The molecule has 1 aromatic rings. The van der Waals surface area contributed by atoms with Crippen molar-refractivity contribution in [2.75, 3.05) is 11.9 Å². The van der Waals surface area contributed by atoms with Crippen molar-refractivity contribution in [3.05, 3.63) is 16.4 Å². The second kappa shape index (κ2) is 7.51. The molecule has 0 saturated carbocycles. The molecule has 0 spiro atoms. The van der Waals surface area contributed by atoms with Crippen LogP contribution in [0.4, 0.5) is 0 Å². The highest BCUT2D eigenvalue weighted by Crippen LogP contribution is 2.22. The van der Waals surface area contributed by atoms with Crippen LogP contribution in [0, 0.1) is 6.92 Å². The molecular weight excluding hydrogens is 314 g/mol. The summed E-state index contributed by atoms with van der Waals surface area (Å²) >= 11 is 9.85. The van der Waals surface area contributed by atoms with Crippen LogP contribution in [0.1, 0.15) is 38.6 Å². The van der Waals surface area contributed by atoms with Crippen LogP contribution < -0.4 is 0 Å². The van der Waals surface area contributed by atoms with E-state index < -0.39 is 0 Å². The summed E-state index contributed by atoms with van der Waals surface area (Å²) in [5.74, 6) is 0. The Labute approximate surface area is 124 Å². The van der Waals surface area contributed by atoms with Gasteiger partial charge >= 0.3 is 0 Å². The van der Waals surface area contributed by atoms with E-state index in [0.29, 0.717) is 6.04 Å². The van der Waals surface area contributed by atoms with Crippen LogP contribution in [-0.2, 0) is 13.1 Å². The maximum Gasteiger partial charge on any atom is 0.0860 e. The van der Waals surface area contributed by atoms with Crippen LogP contribution in [0.5, 0.6) is 0 Å². The smallest absolute Gasteiger partial charge is 0.0860 e. The molecule has 0 fully saturated rings. The van der Waals surface area contributed by atoms with Crippen molar-refractivity contribution >= 4 is 27.5 Å². The van der Waals surface area contributed by atoms with Gasteiger partial charge in [0.2, 0.25) is 0 Å². The molecule has 0 aromatic carbocycles. The van der Waals surface area contributed by atoms with E-state index in [1.54, 1.807) is 0 Å². The predicted molar refractivity (Wildman–Crippen MR) is 81.6 cm³/mol. The SMILES string of the molecule is CCn1nc(C)c(Cl)c1CN(CCCBr)C(C)C. The molecule has 5 heteroatoms. The Balaban J connectivity index is 2.85. The van der Waals surface area contributed by atoms with E-state index in [1.165, 1.54) is 0 Å². The normalized spacial score (nSPS) is 11.8. The van der Waals surface area contributed by atoms with E-state index in [4.69, 9.17) is 11.6 Å². The molecule has 0 unspecified atom stereocenters. The van der Waals surface area contributed by atoms with Gasteiger partial charge in [-0.15, -0.1) is 0 Å². The fourth-order valence-corrected chi connectivity index (χ4v) is 2.44. The number of rotatable bonds is 7. The molecule has 0 amide bonds. The summed E-state index contributed by atoms with van der Waals surface area (Å²) in [5, 5.41) is 6.33.